The van der Waals surface area contributed by atoms with E-state index in [-0.39, 0.29) is 12.2 Å². The number of anilines is 2. The maximum atomic E-state index is 11.3. The molecule has 6 heteroatoms. The first-order valence-electron chi connectivity index (χ1n) is 12.0. The molecule has 1 aromatic rings. The van der Waals surface area contributed by atoms with Gasteiger partial charge in [-0.15, -0.1) is 0 Å². The molecule has 2 aliphatic heterocycles. The van der Waals surface area contributed by atoms with Crippen LogP contribution in [0.1, 0.15) is 64.9 Å². The molecular weight excluding hydrogens is 390 g/mol. The fourth-order valence-corrected chi connectivity index (χ4v) is 5.59. The summed E-state index contributed by atoms with van der Waals surface area (Å²) in [4.78, 5) is 17.7. The van der Waals surface area contributed by atoms with Crippen molar-refractivity contribution >= 4 is 17.5 Å². The maximum Gasteiger partial charge on any atom is 0.407 e. The molecule has 172 valence electrons. The lowest BCUT2D eigenvalue weighted by Gasteiger charge is -2.41. The van der Waals surface area contributed by atoms with Gasteiger partial charge in [0.05, 0.1) is 12.2 Å². The summed E-state index contributed by atoms with van der Waals surface area (Å²) in [7, 11) is 0. The zero-order valence-corrected chi connectivity index (χ0v) is 19.6. The Morgan fingerprint density at radius 2 is 1.61 bits per heavy atom. The molecule has 1 aromatic carbocycles. The zero-order valence-electron chi connectivity index (χ0n) is 19.6. The highest BCUT2D eigenvalue weighted by Gasteiger charge is 2.31. The average molecular weight is 430 g/mol. The van der Waals surface area contributed by atoms with Crippen LogP contribution in [0.3, 0.4) is 0 Å². The highest BCUT2D eigenvalue weighted by molar-refractivity contribution is 5.67. The number of hydrogen-bond donors (Lipinski definition) is 1. The van der Waals surface area contributed by atoms with Gasteiger partial charge in [-0.25, -0.2) is 4.79 Å². The lowest BCUT2D eigenvalue weighted by Crippen LogP contribution is -2.48. The van der Waals surface area contributed by atoms with E-state index in [2.05, 4.69) is 55.7 Å². The normalized spacial score (nSPS) is 27.4. The van der Waals surface area contributed by atoms with E-state index >= 15 is 0 Å². The fourth-order valence-electron chi connectivity index (χ4n) is 5.59. The Hall–Kier alpha value is -1.95. The van der Waals surface area contributed by atoms with Gasteiger partial charge in [-0.05, 0) is 74.6 Å². The molecule has 3 fully saturated rings. The van der Waals surface area contributed by atoms with Gasteiger partial charge in [0.25, 0.3) is 0 Å². The highest BCUT2D eigenvalue weighted by Crippen LogP contribution is 2.45. The van der Waals surface area contributed by atoms with Gasteiger partial charge in [-0.2, -0.15) is 0 Å². The molecule has 4 rings (SSSR count). The molecule has 3 aliphatic rings. The van der Waals surface area contributed by atoms with Gasteiger partial charge in [0.15, 0.2) is 0 Å². The number of amides is 1. The van der Waals surface area contributed by atoms with Crippen LogP contribution in [0.5, 0.6) is 0 Å². The van der Waals surface area contributed by atoms with Crippen molar-refractivity contribution in [1.29, 1.82) is 0 Å². The number of carboxylic acid groups (broad SMARTS) is 1. The molecule has 2 unspecified atom stereocenters. The minimum Gasteiger partial charge on any atom is -0.465 e. The van der Waals surface area contributed by atoms with E-state index in [1.54, 1.807) is 0 Å². The largest absolute Gasteiger partial charge is 0.465 e. The molecule has 0 bridgehead atoms. The molecule has 0 aromatic heterocycles. The fraction of sp³-hybridized carbons (Fsp3) is 0.720. The number of carbonyl (C=O) groups is 1. The Kier molecular flexibility index (Phi) is 6.38. The summed E-state index contributed by atoms with van der Waals surface area (Å²) in [5, 5.41) is 9.32. The second-order valence-electron chi connectivity index (χ2n) is 10.6. The standard InChI is InChI=1S/C25H39N3O3/c1-18-16-28(17-19(2)31-18)21-5-6-23(26-11-13-27(14-12-26)24(29)30)22(15-21)20-7-9-25(3,4)10-8-20/h5-6,15,18-20H,7-14,16-17H2,1-4H3,(H,29,30). The van der Waals surface area contributed by atoms with Crippen molar-refractivity contribution in [3.63, 3.8) is 0 Å². The monoisotopic (exact) mass is 429 g/mol. The van der Waals surface area contributed by atoms with Gasteiger partial charge < -0.3 is 24.5 Å². The second kappa shape index (κ2) is 8.89. The van der Waals surface area contributed by atoms with Crippen LogP contribution in [0.2, 0.25) is 0 Å². The zero-order chi connectivity index (χ0) is 22.2. The molecule has 6 nitrogen and oxygen atoms in total. The highest BCUT2D eigenvalue weighted by atomic mass is 16.5. The summed E-state index contributed by atoms with van der Waals surface area (Å²) in [5.41, 5.74) is 4.52. The summed E-state index contributed by atoms with van der Waals surface area (Å²) >= 11 is 0. The van der Waals surface area contributed by atoms with Crippen LogP contribution in [0.25, 0.3) is 0 Å². The van der Waals surface area contributed by atoms with E-state index in [0.29, 0.717) is 24.4 Å². The van der Waals surface area contributed by atoms with Crippen LogP contribution in [-0.4, -0.2) is 67.6 Å². The Morgan fingerprint density at radius 3 is 2.19 bits per heavy atom. The van der Waals surface area contributed by atoms with Crippen LogP contribution in [0, 0.1) is 5.41 Å². The summed E-state index contributed by atoms with van der Waals surface area (Å²) < 4.78 is 5.95. The van der Waals surface area contributed by atoms with Crippen LogP contribution in [0.15, 0.2) is 18.2 Å². The number of hydrogen-bond acceptors (Lipinski definition) is 4. The molecule has 0 radical (unpaired) electrons. The number of rotatable bonds is 3. The third-order valence-electron chi connectivity index (χ3n) is 7.47. The molecule has 2 atom stereocenters. The number of nitrogens with zero attached hydrogens (tertiary/aromatic N) is 3. The van der Waals surface area contributed by atoms with Gasteiger partial charge in [0.1, 0.15) is 0 Å². The number of benzene rings is 1. The summed E-state index contributed by atoms with van der Waals surface area (Å²) in [6.07, 6.45) is 4.67. The maximum absolute atomic E-state index is 11.3. The lowest BCUT2D eigenvalue weighted by molar-refractivity contribution is -0.00522. The predicted molar refractivity (Wildman–Crippen MR) is 125 cm³/mol. The van der Waals surface area contributed by atoms with Crippen LogP contribution < -0.4 is 9.80 Å². The molecule has 0 spiro atoms. The van der Waals surface area contributed by atoms with Crippen molar-refractivity contribution in [3.05, 3.63) is 23.8 Å². The third-order valence-corrected chi connectivity index (χ3v) is 7.47. The SMILES string of the molecule is CC1CN(c2ccc(N3CCN(C(=O)O)CC3)c(C3CCC(C)(C)CC3)c2)CC(C)O1. The minimum absolute atomic E-state index is 0.242. The van der Waals surface area contributed by atoms with E-state index in [9.17, 15) is 9.90 Å². The lowest BCUT2D eigenvalue weighted by atomic mass is 9.71. The quantitative estimate of drug-likeness (QED) is 0.749. The Balaban J connectivity index is 1.60. The first-order chi connectivity index (χ1) is 14.7. The van der Waals surface area contributed by atoms with Crippen molar-refractivity contribution in [2.24, 2.45) is 5.41 Å². The van der Waals surface area contributed by atoms with E-state index in [0.717, 1.165) is 26.2 Å². The van der Waals surface area contributed by atoms with Crippen LogP contribution in [-0.2, 0) is 4.74 Å². The molecule has 1 amide bonds. The average Bonchev–Trinajstić information content (AvgIpc) is 2.73. The van der Waals surface area contributed by atoms with Crippen LogP contribution >= 0.6 is 0 Å². The Labute approximate surface area is 187 Å². The number of morpholine rings is 1. The second-order valence-corrected chi connectivity index (χ2v) is 10.6. The molecule has 31 heavy (non-hydrogen) atoms. The molecular formula is C25H39N3O3. The Morgan fingerprint density at radius 1 is 1.00 bits per heavy atom. The van der Waals surface area contributed by atoms with Gasteiger partial charge in [-0.3, -0.25) is 0 Å². The minimum atomic E-state index is -0.805. The predicted octanol–water partition coefficient (Wildman–Crippen LogP) is 4.78. The molecule has 1 N–H and O–H groups in total. The Bertz CT molecular complexity index is 768. The van der Waals surface area contributed by atoms with E-state index in [4.69, 9.17) is 4.74 Å². The topological polar surface area (TPSA) is 56.2 Å². The van der Waals surface area contributed by atoms with Crippen molar-refractivity contribution in [3.8, 4) is 0 Å². The van der Waals surface area contributed by atoms with Crippen molar-refractivity contribution < 1.29 is 14.6 Å². The smallest absolute Gasteiger partial charge is 0.407 e. The van der Waals surface area contributed by atoms with E-state index in [1.807, 2.05) is 0 Å². The molecule has 1 aliphatic carbocycles. The molecule has 1 saturated carbocycles. The third kappa shape index (κ3) is 5.11. The van der Waals surface area contributed by atoms with Crippen LogP contribution in [0.4, 0.5) is 16.2 Å². The van der Waals surface area contributed by atoms with E-state index in [1.165, 1.54) is 47.5 Å². The molecule has 2 saturated heterocycles. The van der Waals surface area contributed by atoms with Gasteiger partial charge >= 0.3 is 6.09 Å². The molecule has 2 heterocycles. The van der Waals surface area contributed by atoms with Gasteiger partial charge in [0, 0.05) is 50.6 Å². The van der Waals surface area contributed by atoms with Crippen molar-refractivity contribution in [2.45, 2.75) is 71.5 Å². The number of piperazine rings is 1. The van der Waals surface area contributed by atoms with E-state index < -0.39 is 6.09 Å². The summed E-state index contributed by atoms with van der Waals surface area (Å²) in [6, 6.07) is 7.00. The summed E-state index contributed by atoms with van der Waals surface area (Å²) in [5.74, 6) is 0.580. The van der Waals surface area contributed by atoms with Gasteiger partial charge in [-0.1, -0.05) is 13.8 Å². The van der Waals surface area contributed by atoms with Crippen molar-refractivity contribution in [1.82, 2.24) is 4.90 Å². The van der Waals surface area contributed by atoms with Crippen molar-refractivity contribution in [2.75, 3.05) is 49.1 Å². The summed E-state index contributed by atoms with van der Waals surface area (Å²) in [6.45, 7) is 13.6. The number of ether oxygens (including phenoxy) is 1. The first kappa shape index (κ1) is 22.3. The van der Waals surface area contributed by atoms with Gasteiger partial charge in [0.2, 0.25) is 0 Å². The first-order valence-corrected chi connectivity index (χ1v) is 12.0.